The fourth-order valence-electron chi connectivity index (χ4n) is 3.64. The van der Waals surface area contributed by atoms with Crippen LogP contribution < -0.4 is 15.0 Å². The van der Waals surface area contributed by atoms with Gasteiger partial charge in [-0.25, -0.2) is 0 Å². The van der Waals surface area contributed by atoms with Gasteiger partial charge in [-0.05, 0) is 60.9 Å². The molecular weight excluding hydrogens is 414 g/mol. The normalized spacial score (nSPS) is 13.7. The van der Waals surface area contributed by atoms with Crippen LogP contribution in [0, 0.1) is 0 Å². The molecule has 0 bridgehead atoms. The number of ether oxygens (including phenoxy) is 1. The number of fused-ring (bicyclic) bond motifs is 1. The average Bonchev–Trinajstić information content (AvgIpc) is 3.22. The number of aryl methyl sites for hydroxylation is 1. The Hall–Kier alpha value is -3.13. The van der Waals surface area contributed by atoms with Crippen molar-refractivity contribution in [2.45, 2.75) is 18.4 Å². The molecule has 6 nitrogen and oxygen atoms in total. The summed E-state index contributed by atoms with van der Waals surface area (Å²) in [4.78, 5) is 15.1. The maximum Gasteiger partial charge on any atom is 0.487 e. The van der Waals surface area contributed by atoms with E-state index >= 15 is 0 Å². The molecule has 1 aromatic heterocycles. The molecule has 0 saturated carbocycles. The Morgan fingerprint density at radius 2 is 2.03 bits per heavy atom. The minimum atomic E-state index is -3.79. The zero-order chi connectivity index (χ0) is 21.3. The number of halogens is 3. The van der Waals surface area contributed by atoms with Gasteiger partial charge in [0.2, 0.25) is 0 Å². The SMILES string of the molecule is CN1CCCc2cc(C(=O)Nc3ccc(OC(F)(F)Cl)cc3)cc(-c3ccn[nH]3)c21. The first kappa shape index (κ1) is 20.2. The molecule has 0 spiro atoms. The van der Waals surface area contributed by atoms with Crippen LogP contribution in [0.3, 0.4) is 0 Å². The Kier molecular flexibility index (Phi) is 5.34. The number of anilines is 2. The van der Waals surface area contributed by atoms with Gasteiger partial charge >= 0.3 is 5.57 Å². The molecule has 0 aliphatic carbocycles. The first-order valence-corrected chi connectivity index (χ1v) is 9.73. The van der Waals surface area contributed by atoms with E-state index in [9.17, 15) is 13.6 Å². The molecule has 9 heteroatoms. The molecule has 0 radical (unpaired) electrons. The number of rotatable bonds is 5. The van der Waals surface area contributed by atoms with Crippen LogP contribution in [-0.2, 0) is 6.42 Å². The minimum Gasteiger partial charge on any atom is -0.420 e. The minimum absolute atomic E-state index is 0.105. The number of H-pyrrole nitrogens is 1. The Morgan fingerprint density at radius 1 is 1.27 bits per heavy atom. The van der Waals surface area contributed by atoms with Crippen LogP contribution >= 0.6 is 11.6 Å². The standard InChI is InChI=1S/C21H19ClF2N4O2/c1-28-10-2-3-13-11-14(12-17(19(13)28)18-8-9-25-27-18)20(29)26-15-4-6-16(7-5-15)30-21(22,23)24/h4-9,11-12H,2-3,10H2,1H3,(H,25,27)(H,26,29). The highest BCUT2D eigenvalue weighted by Crippen LogP contribution is 2.37. The summed E-state index contributed by atoms with van der Waals surface area (Å²) in [6.07, 6.45) is 3.55. The maximum atomic E-state index is 12.9. The number of benzene rings is 2. The van der Waals surface area contributed by atoms with E-state index in [1.54, 1.807) is 6.20 Å². The van der Waals surface area contributed by atoms with Crippen molar-refractivity contribution in [3.05, 3.63) is 59.8 Å². The van der Waals surface area contributed by atoms with Gasteiger partial charge in [0.25, 0.3) is 5.91 Å². The number of amides is 1. The van der Waals surface area contributed by atoms with Crippen LogP contribution in [0.5, 0.6) is 5.75 Å². The van der Waals surface area contributed by atoms with Crippen LogP contribution in [-0.4, -0.2) is 35.3 Å². The van der Waals surface area contributed by atoms with Gasteiger partial charge < -0.3 is 15.0 Å². The lowest BCUT2D eigenvalue weighted by Crippen LogP contribution is -2.26. The van der Waals surface area contributed by atoms with Crippen LogP contribution in [0.2, 0.25) is 0 Å². The second kappa shape index (κ2) is 7.95. The predicted molar refractivity (Wildman–Crippen MR) is 111 cm³/mol. The third-order valence-electron chi connectivity index (χ3n) is 4.91. The summed E-state index contributed by atoms with van der Waals surface area (Å²) in [6, 6.07) is 11.1. The fraction of sp³-hybridized carbons (Fsp3) is 0.238. The number of carbonyl (C=O) groups excluding carboxylic acids is 1. The molecule has 0 atom stereocenters. The molecule has 0 unspecified atom stereocenters. The highest BCUT2D eigenvalue weighted by Gasteiger charge is 2.27. The van der Waals surface area contributed by atoms with E-state index in [4.69, 9.17) is 11.6 Å². The van der Waals surface area contributed by atoms with Gasteiger partial charge in [-0.1, -0.05) is 0 Å². The summed E-state index contributed by atoms with van der Waals surface area (Å²) >= 11 is 4.76. The molecular formula is C21H19ClF2N4O2. The molecule has 0 fully saturated rings. The molecule has 1 aliphatic rings. The lowest BCUT2D eigenvalue weighted by Gasteiger charge is -2.30. The number of nitrogens with one attached hydrogen (secondary N) is 2. The summed E-state index contributed by atoms with van der Waals surface area (Å²) in [5, 5.41) is 9.78. The van der Waals surface area contributed by atoms with Crippen LogP contribution in [0.25, 0.3) is 11.3 Å². The predicted octanol–water partition coefficient (Wildman–Crippen LogP) is 4.88. The van der Waals surface area contributed by atoms with E-state index in [0.29, 0.717) is 11.3 Å². The van der Waals surface area contributed by atoms with E-state index in [0.717, 1.165) is 41.9 Å². The number of nitrogens with zero attached hydrogens (tertiary/aromatic N) is 2. The van der Waals surface area contributed by atoms with Crippen LogP contribution in [0.15, 0.2) is 48.7 Å². The summed E-state index contributed by atoms with van der Waals surface area (Å²) < 4.78 is 29.7. The Labute approximate surface area is 176 Å². The summed E-state index contributed by atoms with van der Waals surface area (Å²) in [6.45, 7) is 0.940. The zero-order valence-electron chi connectivity index (χ0n) is 16.1. The van der Waals surface area contributed by atoms with Crippen molar-refractivity contribution in [2.75, 3.05) is 23.8 Å². The van der Waals surface area contributed by atoms with Crippen molar-refractivity contribution in [2.24, 2.45) is 0 Å². The second-order valence-corrected chi connectivity index (χ2v) is 7.49. The Morgan fingerprint density at radius 3 is 2.70 bits per heavy atom. The average molecular weight is 433 g/mol. The van der Waals surface area contributed by atoms with Crippen molar-refractivity contribution in [3.63, 3.8) is 0 Å². The monoisotopic (exact) mass is 432 g/mol. The van der Waals surface area contributed by atoms with Crippen molar-refractivity contribution in [1.82, 2.24) is 10.2 Å². The highest BCUT2D eigenvalue weighted by atomic mass is 35.5. The third-order valence-corrected chi connectivity index (χ3v) is 4.99. The number of aromatic nitrogens is 2. The number of carbonyl (C=O) groups is 1. The molecule has 4 rings (SSSR count). The maximum absolute atomic E-state index is 12.9. The molecule has 2 aromatic carbocycles. The molecule has 1 amide bonds. The molecule has 156 valence electrons. The highest BCUT2D eigenvalue weighted by molar-refractivity contribution is 6.20. The third kappa shape index (κ3) is 4.38. The molecule has 0 saturated heterocycles. The van der Waals surface area contributed by atoms with Crippen molar-refractivity contribution >= 4 is 28.9 Å². The van der Waals surface area contributed by atoms with E-state index in [1.165, 1.54) is 24.3 Å². The largest absolute Gasteiger partial charge is 0.487 e. The topological polar surface area (TPSA) is 70.2 Å². The van der Waals surface area contributed by atoms with Gasteiger partial charge in [0, 0.05) is 53.9 Å². The molecule has 1 aliphatic heterocycles. The molecule has 3 aromatic rings. The first-order valence-electron chi connectivity index (χ1n) is 9.35. The first-order chi connectivity index (χ1) is 14.3. The molecule has 30 heavy (non-hydrogen) atoms. The van der Waals surface area contributed by atoms with Gasteiger partial charge in [-0.3, -0.25) is 9.89 Å². The van der Waals surface area contributed by atoms with Crippen molar-refractivity contribution < 1.29 is 18.3 Å². The van der Waals surface area contributed by atoms with Gasteiger partial charge in [-0.2, -0.15) is 5.10 Å². The second-order valence-electron chi connectivity index (χ2n) is 7.05. The number of hydrogen-bond acceptors (Lipinski definition) is 4. The van der Waals surface area contributed by atoms with Gasteiger partial charge in [-0.15, -0.1) is 8.78 Å². The number of aromatic amines is 1. The Balaban J connectivity index is 1.61. The quantitative estimate of drug-likeness (QED) is 0.564. The van der Waals surface area contributed by atoms with E-state index in [2.05, 4.69) is 25.2 Å². The Bertz CT molecular complexity index is 1050. The van der Waals surface area contributed by atoms with Gasteiger partial charge in [0.1, 0.15) is 5.75 Å². The van der Waals surface area contributed by atoms with E-state index in [-0.39, 0.29) is 11.7 Å². The van der Waals surface area contributed by atoms with Gasteiger partial charge in [0.15, 0.2) is 0 Å². The van der Waals surface area contributed by atoms with E-state index in [1.807, 2.05) is 25.2 Å². The van der Waals surface area contributed by atoms with Crippen molar-refractivity contribution in [1.29, 1.82) is 0 Å². The molecule has 2 heterocycles. The molecule has 2 N–H and O–H groups in total. The lowest BCUT2D eigenvalue weighted by molar-refractivity contribution is -0.0964. The zero-order valence-corrected chi connectivity index (χ0v) is 16.8. The van der Waals surface area contributed by atoms with Gasteiger partial charge in [0.05, 0.1) is 5.69 Å². The smallest absolute Gasteiger partial charge is 0.420 e. The summed E-state index contributed by atoms with van der Waals surface area (Å²) in [5.74, 6) is -0.408. The summed E-state index contributed by atoms with van der Waals surface area (Å²) in [7, 11) is 2.03. The van der Waals surface area contributed by atoms with Crippen molar-refractivity contribution in [3.8, 4) is 17.0 Å². The number of hydrogen-bond donors (Lipinski definition) is 2. The van der Waals surface area contributed by atoms with Crippen LogP contribution in [0.1, 0.15) is 22.3 Å². The van der Waals surface area contributed by atoms with E-state index < -0.39 is 5.57 Å². The fourth-order valence-corrected chi connectivity index (χ4v) is 3.73. The number of alkyl halides is 3. The van der Waals surface area contributed by atoms with Crippen LogP contribution in [0.4, 0.5) is 20.2 Å². The lowest BCUT2D eigenvalue weighted by atomic mass is 9.93. The summed E-state index contributed by atoms with van der Waals surface area (Å²) in [5.41, 5.74) is 1.08.